The summed E-state index contributed by atoms with van der Waals surface area (Å²) in [5.41, 5.74) is 9.83. The first kappa shape index (κ1) is 33.0. The molecule has 0 bridgehead atoms. The van der Waals surface area contributed by atoms with Crippen LogP contribution >= 0.6 is 0 Å². The minimum Gasteiger partial charge on any atom is -0.454 e. The van der Waals surface area contributed by atoms with Crippen LogP contribution in [0.3, 0.4) is 0 Å². The summed E-state index contributed by atoms with van der Waals surface area (Å²) in [6.07, 6.45) is 5.10. The number of rotatable bonds is 5. The first-order valence-corrected chi connectivity index (χ1v) is 20.3. The lowest BCUT2D eigenvalue weighted by Crippen LogP contribution is -2.01. The zero-order chi connectivity index (χ0) is 39.3. The van der Waals surface area contributed by atoms with Crippen molar-refractivity contribution in [2.75, 3.05) is 0 Å². The van der Waals surface area contributed by atoms with Crippen molar-refractivity contribution in [2.45, 2.75) is 6.42 Å². The quantitative estimate of drug-likeness (QED) is 0.163. The predicted molar refractivity (Wildman–Crippen MR) is 246 cm³/mol. The van der Waals surface area contributed by atoms with Crippen molar-refractivity contribution >= 4 is 71.0 Å². The molecule has 0 saturated heterocycles. The molecular weight excluding hydrogens is 733 g/mol. The van der Waals surface area contributed by atoms with E-state index in [-0.39, 0.29) is 0 Å². The van der Waals surface area contributed by atoms with Crippen molar-refractivity contribution in [3.05, 3.63) is 187 Å². The third-order valence-corrected chi connectivity index (χ3v) is 12.3. The maximum absolute atomic E-state index is 6.51. The van der Waals surface area contributed by atoms with Crippen LogP contribution < -0.4 is 0 Å². The molecule has 3 aromatic heterocycles. The monoisotopic (exact) mass is 764 g/mol. The molecule has 60 heavy (non-hydrogen) atoms. The molecule has 0 saturated carbocycles. The van der Waals surface area contributed by atoms with E-state index < -0.39 is 0 Å². The lowest BCUT2D eigenvalue weighted by molar-refractivity contribution is 0.602. The molecule has 278 valence electrons. The van der Waals surface area contributed by atoms with Gasteiger partial charge in [-0.2, -0.15) is 0 Å². The minimum atomic E-state index is 0.599. The van der Waals surface area contributed by atoms with Crippen LogP contribution in [-0.4, -0.2) is 19.9 Å². The van der Waals surface area contributed by atoms with Crippen molar-refractivity contribution in [2.24, 2.45) is 0 Å². The van der Waals surface area contributed by atoms with Gasteiger partial charge in [0, 0.05) is 38.6 Å². The molecule has 5 heteroatoms. The van der Waals surface area contributed by atoms with Gasteiger partial charge in [0.2, 0.25) is 0 Å². The molecular formula is C55H32N4O. The highest BCUT2D eigenvalue weighted by Crippen LogP contribution is 2.42. The van der Waals surface area contributed by atoms with Gasteiger partial charge in [0.05, 0.1) is 5.52 Å². The van der Waals surface area contributed by atoms with Gasteiger partial charge in [0.15, 0.2) is 23.1 Å². The zero-order valence-corrected chi connectivity index (χ0v) is 32.2. The summed E-state index contributed by atoms with van der Waals surface area (Å²) in [4.78, 5) is 20.9. The van der Waals surface area contributed by atoms with Gasteiger partial charge < -0.3 is 4.42 Å². The Kier molecular flexibility index (Phi) is 7.01. The fourth-order valence-electron chi connectivity index (χ4n) is 9.47. The van der Waals surface area contributed by atoms with E-state index in [1.165, 1.54) is 48.8 Å². The van der Waals surface area contributed by atoms with Crippen LogP contribution in [0, 0.1) is 0 Å². The molecule has 0 aliphatic heterocycles. The van der Waals surface area contributed by atoms with Crippen molar-refractivity contribution in [1.82, 2.24) is 19.9 Å². The summed E-state index contributed by atoms with van der Waals surface area (Å²) in [6.45, 7) is 0. The molecule has 9 aromatic carbocycles. The summed E-state index contributed by atoms with van der Waals surface area (Å²) < 4.78 is 6.51. The Balaban J connectivity index is 0.996. The molecule has 0 fully saturated rings. The number of nitrogens with zero attached hydrogens (tertiary/aromatic N) is 4. The molecule has 1 aliphatic rings. The molecule has 0 radical (unpaired) electrons. The van der Waals surface area contributed by atoms with Gasteiger partial charge in [0.25, 0.3) is 0 Å². The van der Waals surface area contributed by atoms with Crippen LogP contribution in [-0.2, 0) is 6.42 Å². The number of benzene rings is 9. The summed E-state index contributed by atoms with van der Waals surface area (Å²) in [6, 6.07) is 60.0. The number of furan rings is 1. The molecule has 12 aromatic rings. The van der Waals surface area contributed by atoms with Crippen molar-refractivity contribution < 1.29 is 4.42 Å². The average molecular weight is 765 g/mol. The normalized spacial score (nSPS) is 12.5. The number of allylic oxidation sites excluding steroid dienone is 1. The Morgan fingerprint density at radius 3 is 1.93 bits per heavy atom. The van der Waals surface area contributed by atoms with Crippen LogP contribution in [0.4, 0.5) is 0 Å². The highest BCUT2D eigenvalue weighted by atomic mass is 16.3. The summed E-state index contributed by atoms with van der Waals surface area (Å²) in [5, 5.41) is 11.9. The third-order valence-electron chi connectivity index (χ3n) is 12.3. The highest BCUT2D eigenvalue weighted by molar-refractivity contribution is 6.25. The number of para-hydroxylation sites is 1. The molecule has 0 unspecified atom stereocenters. The summed E-state index contributed by atoms with van der Waals surface area (Å²) in [5.74, 6) is 2.76. The van der Waals surface area contributed by atoms with E-state index in [4.69, 9.17) is 24.4 Å². The number of aromatic nitrogens is 4. The van der Waals surface area contributed by atoms with Crippen LogP contribution in [0.2, 0.25) is 0 Å². The SMILES string of the molecule is C1=Cc2oc3c(-c4ccc(-c5nc(-c6cccc(-c7cccc8ccccc78)c6)nc(-c6ccc7ccc8cccc9ccc6c7c89)n5)cc4)nc4ccccc4c3c2C1. The number of fused-ring (bicyclic) bond motifs is 6. The van der Waals surface area contributed by atoms with E-state index in [1.54, 1.807) is 0 Å². The Morgan fingerprint density at radius 1 is 0.400 bits per heavy atom. The van der Waals surface area contributed by atoms with Crippen LogP contribution in [0.25, 0.3) is 128 Å². The largest absolute Gasteiger partial charge is 0.454 e. The van der Waals surface area contributed by atoms with Gasteiger partial charge >= 0.3 is 0 Å². The van der Waals surface area contributed by atoms with Gasteiger partial charge in [-0.15, -0.1) is 0 Å². The maximum atomic E-state index is 6.51. The van der Waals surface area contributed by atoms with Crippen molar-refractivity contribution in [1.29, 1.82) is 0 Å². The summed E-state index contributed by atoms with van der Waals surface area (Å²) >= 11 is 0. The second-order valence-corrected chi connectivity index (χ2v) is 15.7. The molecule has 0 spiro atoms. The fraction of sp³-hybridized carbons (Fsp3) is 0.0182. The van der Waals surface area contributed by atoms with E-state index in [0.29, 0.717) is 17.5 Å². The first-order chi connectivity index (χ1) is 29.7. The number of pyridine rings is 1. The first-order valence-electron chi connectivity index (χ1n) is 20.3. The molecule has 3 heterocycles. The average Bonchev–Trinajstić information content (AvgIpc) is 3.93. The van der Waals surface area contributed by atoms with E-state index in [1.807, 2.05) is 6.07 Å². The highest BCUT2D eigenvalue weighted by Gasteiger charge is 2.23. The maximum Gasteiger partial charge on any atom is 0.164 e. The van der Waals surface area contributed by atoms with Crippen molar-refractivity contribution in [3.8, 4) is 56.5 Å². The van der Waals surface area contributed by atoms with Crippen LogP contribution in [0.1, 0.15) is 11.3 Å². The molecule has 1 aliphatic carbocycles. The number of hydrogen-bond donors (Lipinski definition) is 0. The Bertz CT molecular complexity index is 3730. The van der Waals surface area contributed by atoms with Gasteiger partial charge in [-0.05, 0) is 84.9 Å². The van der Waals surface area contributed by atoms with Gasteiger partial charge in [0.1, 0.15) is 11.5 Å². The number of hydrogen-bond acceptors (Lipinski definition) is 5. The Morgan fingerprint density at radius 2 is 1.05 bits per heavy atom. The predicted octanol–water partition coefficient (Wildman–Crippen LogP) is 14.1. The fourth-order valence-corrected chi connectivity index (χ4v) is 9.47. The second-order valence-electron chi connectivity index (χ2n) is 15.7. The van der Waals surface area contributed by atoms with E-state index in [0.717, 1.165) is 73.0 Å². The van der Waals surface area contributed by atoms with Crippen LogP contribution in [0.15, 0.2) is 180 Å². The Hall–Kier alpha value is -8.02. The Labute approximate surface area is 344 Å². The van der Waals surface area contributed by atoms with Crippen LogP contribution in [0.5, 0.6) is 0 Å². The molecule has 0 amide bonds. The lowest BCUT2D eigenvalue weighted by Gasteiger charge is -2.15. The molecule has 0 N–H and O–H groups in total. The smallest absolute Gasteiger partial charge is 0.164 e. The van der Waals surface area contributed by atoms with E-state index in [2.05, 4.69) is 176 Å². The van der Waals surface area contributed by atoms with Gasteiger partial charge in [-0.1, -0.05) is 158 Å². The minimum absolute atomic E-state index is 0.599. The van der Waals surface area contributed by atoms with E-state index in [9.17, 15) is 0 Å². The van der Waals surface area contributed by atoms with Gasteiger partial charge in [-0.3, -0.25) is 0 Å². The molecule has 13 rings (SSSR count). The molecule has 0 atom stereocenters. The van der Waals surface area contributed by atoms with Crippen molar-refractivity contribution in [3.63, 3.8) is 0 Å². The molecule has 5 nitrogen and oxygen atoms in total. The topological polar surface area (TPSA) is 64.7 Å². The lowest BCUT2D eigenvalue weighted by atomic mass is 9.92. The third kappa shape index (κ3) is 4.99. The standard InChI is InChI=1S/C55H32N4O/c1-2-15-40-32(9-1)10-7-17-41(40)38-13-6-14-39(31-38)54-57-53(58-55(59-54)43-30-28-35-22-21-33-11-5-12-34-27-29-42(43)49(35)48(33)34)37-25-23-36(24-26-37)51-52-50(45-18-8-20-47(45)60-52)44-16-3-4-19-46(44)56-51/h1-17,19-31H,18H2. The second kappa shape index (κ2) is 12.7. The summed E-state index contributed by atoms with van der Waals surface area (Å²) in [7, 11) is 0. The van der Waals surface area contributed by atoms with E-state index >= 15 is 0 Å². The van der Waals surface area contributed by atoms with Gasteiger partial charge in [-0.25, -0.2) is 19.9 Å². The zero-order valence-electron chi connectivity index (χ0n) is 32.2.